The number of nitrogens with one attached hydrogen (secondary N) is 1. The Labute approximate surface area is 110 Å². The average Bonchev–Trinajstić information content (AvgIpc) is 2.94. The molecule has 1 amide bonds. The molecule has 0 saturated heterocycles. The van der Waals surface area contributed by atoms with Gasteiger partial charge in [-0.05, 0) is 41.1 Å². The SMILES string of the molecule is CC1C[C@H](C(=O)NCc2ccsc2)[C@H](C(=O)O)C1. The first-order chi connectivity index (χ1) is 8.58. The van der Waals surface area contributed by atoms with Gasteiger partial charge in [0.1, 0.15) is 0 Å². The van der Waals surface area contributed by atoms with Gasteiger partial charge >= 0.3 is 5.97 Å². The quantitative estimate of drug-likeness (QED) is 0.878. The molecule has 2 rings (SSSR count). The van der Waals surface area contributed by atoms with Crippen molar-refractivity contribution in [3.05, 3.63) is 22.4 Å². The maximum Gasteiger partial charge on any atom is 0.307 e. The summed E-state index contributed by atoms with van der Waals surface area (Å²) in [6, 6.07) is 1.96. The average molecular weight is 267 g/mol. The zero-order valence-electron chi connectivity index (χ0n) is 10.3. The van der Waals surface area contributed by atoms with E-state index in [0.717, 1.165) is 5.56 Å². The minimum atomic E-state index is -0.852. The highest BCUT2D eigenvalue weighted by atomic mass is 32.1. The second kappa shape index (κ2) is 5.52. The molecule has 1 fully saturated rings. The van der Waals surface area contributed by atoms with E-state index >= 15 is 0 Å². The van der Waals surface area contributed by atoms with Crippen LogP contribution >= 0.6 is 11.3 Å². The highest BCUT2D eigenvalue weighted by Gasteiger charge is 2.40. The van der Waals surface area contributed by atoms with Crippen LogP contribution in [-0.2, 0) is 16.1 Å². The van der Waals surface area contributed by atoms with Gasteiger partial charge in [-0.1, -0.05) is 6.92 Å². The van der Waals surface area contributed by atoms with E-state index in [0.29, 0.717) is 25.3 Å². The van der Waals surface area contributed by atoms with Gasteiger partial charge in [0.2, 0.25) is 5.91 Å². The van der Waals surface area contributed by atoms with E-state index in [-0.39, 0.29) is 11.8 Å². The van der Waals surface area contributed by atoms with E-state index < -0.39 is 11.9 Å². The maximum atomic E-state index is 12.0. The summed E-state index contributed by atoms with van der Waals surface area (Å²) in [5.74, 6) is -1.57. The number of carbonyl (C=O) groups is 2. The predicted molar refractivity (Wildman–Crippen MR) is 69.2 cm³/mol. The van der Waals surface area contributed by atoms with E-state index in [1.807, 2.05) is 23.8 Å². The van der Waals surface area contributed by atoms with Gasteiger partial charge < -0.3 is 10.4 Å². The third-order valence-electron chi connectivity index (χ3n) is 3.50. The molecule has 18 heavy (non-hydrogen) atoms. The molecule has 2 N–H and O–H groups in total. The van der Waals surface area contributed by atoms with Crippen LogP contribution in [0.2, 0.25) is 0 Å². The Morgan fingerprint density at radius 1 is 1.44 bits per heavy atom. The second-order valence-corrected chi connectivity index (χ2v) is 5.76. The standard InChI is InChI=1S/C13H17NO3S/c1-8-4-10(11(5-8)13(16)17)12(15)14-6-9-2-3-18-7-9/h2-3,7-8,10-11H,4-6H2,1H3,(H,14,15)(H,16,17)/t8?,10-,11+/m0/s1. The summed E-state index contributed by atoms with van der Waals surface area (Å²) in [6.45, 7) is 2.49. The van der Waals surface area contributed by atoms with Crippen molar-refractivity contribution in [2.45, 2.75) is 26.3 Å². The summed E-state index contributed by atoms with van der Waals surface area (Å²) < 4.78 is 0. The molecule has 0 aromatic carbocycles. The highest BCUT2D eigenvalue weighted by Crippen LogP contribution is 2.36. The van der Waals surface area contributed by atoms with Crippen molar-refractivity contribution in [2.75, 3.05) is 0 Å². The first kappa shape index (κ1) is 13.1. The largest absolute Gasteiger partial charge is 0.481 e. The fourth-order valence-electron chi connectivity index (χ4n) is 2.57. The number of carbonyl (C=O) groups excluding carboxylic acids is 1. The van der Waals surface area contributed by atoms with Crippen molar-refractivity contribution in [2.24, 2.45) is 17.8 Å². The summed E-state index contributed by atoms with van der Waals surface area (Å²) in [5.41, 5.74) is 1.06. The molecule has 0 radical (unpaired) electrons. The van der Waals surface area contributed by atoms with Crippen molar-refractivity contribution in [1.82, 2.24) is 5.32 Å². The summed E-state index contributed by atoms with van der Waals surface area (Å²) in [5, 5.41) is 15.9. The third-order valence-corrected chi connectivity index (χ3v) is 4.23. The molecule has 1 aliphatic rings. The summed E-state index contributed by atoms with van der Waals surface area (Å²) in [7, 11) is 0. The fourth-order valence-corrected chi connectivity index (χ4v) is 3.24. The number of hydrogen-bond donors (Lipinski definition) is 2. The predicted octanol–water partition coefficient (Wildman–Crippen LogP) is 2.11. The molecule has 5 heteroatoms. The zero-order chi connectivity index (χ0) is 13.1. The van der Waals surface area contributed by atoms with E-state index in [1.165, 1.54) is 0 Å². The number of carboxylic acid groups (broad SMARTS) is 1. The smallest absolute Gasteiger partial charge is 0.307 e. The molecule has 1 aromatic heterocycles. The molecular weight excluding hydrogens is 250 g/mol. The molecule has 1 saturated carbocycles. The van der Waals surface area contributed by atoms with Crippen molar-refractivity contribution in [1.29, 1.82) is 0 Å². The van der Waals surface area contributed by atoms with E-state index in [4.69, 9.17) is 5.11 Å². The summed E-state index contributed by atoms with van der Waals surface area (Å²) in [4.78, 5) is 23.1. The van der Waals surface area contributed by atoms with Gasteiger partial charge in [0.05, 0.1) is 11.8 Å². The maximum absolute atomic E-state index is 12.0. The van der Waals surface area contributed by atoms with Gasteiger partial charge in [-0.25, -0.2) is 0 Å². The first-order valence-electron chi connectivity index (χ1n) is 6.09. The van der Waals surface area contributed by atoms with Crippen molar-refractivity contribution >= 4 is 23.2 Å². The number of aliphatic carboxylic acids is 1. The van der Waals surface area contributed by atoms with Crippen LogP contribution < -0.4 is 5.32 Å². The van der Waals surface area contributed by atoms with E-state index in [1.54, 1.807) is 11.3 Å². The molecule has 1 unspecified atom stereocenters. The molecule has 3 atom stereocenters. The van der Waals surface area contributed by atoms with Crippen molar-refractivity contribution < 1.29 is 14.7 Å². The van der Waals surface area contributed by atoms with E-state index in [9.17, 15) is 9.59 Å². The van der Waals surface area contributed by atoms with Gasteiger partial charge in [-0.3, -0.25) is 9.59 Å². The minimum Gasteiger partial charge on any atom is -0.481 e. The number of rotatable bonds is 4. The lowest BCUT2D eigenvalue weighted by atomic mass is 9.95. The molecule has 4 nitrogen and oxygen atoms in total. The van der Waals surface area contributed by atoms with E-state index in [2.05, 4.69) is 5.32 Å². The van der Waals surface area contributed by atoms with Crippen LogP contribution in [0.4, 0.5) is 0 Å². The van der Waals surface area contributed by atoms with Crippen LogP contribution in [0.1, 0.15) is 25.3 Å². The molecule has 0 aliphatic heterocycles. The Morgan fingerprint density at radius 2 is 2.17 bits per heavy atom. The van der Waals surface area contributed by atoms with Gasteiger partial charge in [0.15, 0.2) is 0 Å². The number of carboxylic acids is 1. The Bertz CT molecular complexity index is 429. The van der Waals surface area contributed by atoms with Gasteiger partial charge in [-0.15, -0.1) is 0 Å². The molecule has 1 aliphatic carbocycles. The molecule has 1 aromatic rings. The lowest BCUT2D eigenvalue weighted by molar-refractivity contribution is -0.146. The highest BCUT2D eigenvalue weighted by molar-refractivity contribution is 7.07. The summed E-state index contributed by atoms with van der Waals surface area (Å²) >= 11 is 1.58. The molecular formula is C13H17NO3S. The normalized spacial score (nSPS) is 27.1. The Hall–Kier alpha value is -1.36. The van der Waals surface area contributed by atoms with Crippen LogP contribution in [0.25, 0.3) is 0 Å². The summed E-state index contributed by atoms with van der Waals surface area (Å²) in [6.07, 6.45) is 1.28. The van der Waals surface area contributed by atoms with Crippen LogP contribution in [0.5, 0.6) is 0 Å². The van der Waals surface area contributed by atoms with Crippen LogP contribution in [0, 0.1) is 17.8 Å². The number of thiophene rings is 1. The fraction of sp³-hybridized carbons (Fsp3) is 0.538. The zero-order valence-corrected chi connectivity index (χ0v) is 11.1. The number of amides is 1. The lowest BCUT2D eigenvalue weighted by Crippen LogP contribution is -2.34. The monoisotopic (exact) mass is 267 g/mol. The molecule has 98 valence electrons. The molecule has 1 heterocycles. The van der Waals surface area contributed by atoms with Crippen LogP contribution in [0.3, 0.4) is 0 Å². The van der Waals surface area contributed by atoms with Crippen LogP contribution in [0.15, 0.2) is 16.8 Å². The van der Waals surface area contributed by atoms with Crippen molar-refractivity contribution in [3.8, 4) is 0 Å². The van der Waals surface area contributed by atoms with Crippen LogP contribution in [-0.4, -0.2) is 17.0 Å². The second-order valence-electron chi connectivity index (χ2n) is 4.98. The van der Waals surface area contributed by atoms with Gasteiger partial charge in [0.25, 0.3) is 0 Å². The Kier molecular flexibility index (Phi) is 4.01. The third kappa shape index (κ3) is 2.90. The minimum absolute atomic E-state index is 0.127. The lowest BCUT2D eigenvalue weighted by Gasteiger charge is -2.15. The van der Waals surface area contributed by atoms with Gasteiger partial charge in [0, 0.05) is 6.54 Å². The Morgan fingerprint density at radius 3 is 2.78 bits per heavy atom. The molecule has 0 bridgehead atoms. The number of hydrogen-bond acceptors (Lipinski definition) is 3. The molecule has 0 spiro atoms. The first-order valence-corrected chi connectivity index (χ1v) is 7.03. The van der Waals surface area contributed by atoms with Crippen molar-refractivity contribution in [3.63, 3.8) is 0 Å². The topological polar surface area (TPSA) is 66.4 Å². The Balaban J connectivity index is 1.93. The van der Waals surface area contributed by atoms with Gasteiger partial charge in [-0.2, -0.15) is 11.3 Å².